The van der Waals surface area contributed by atoms with Gasteiger partial charge in [0.1, 0.15) is 12.1 Å². The molecule has 1 fully saturated rings. The summed E-state index contributed by atoms with van der Waals surface area (Å²) in [6, 6.07) is 8.63. The number of piperazine rings is 1. The van der Waals surface area contributed by atoms with E-state index in [9.17, 15) is 4.79 Å². The first-order chi connectivity index (χ1) is 12.1. The van der Waals surface area contributed by atoms with Crippen molar-refractivity contribution >= 4 is 34.8 Å². The molecule has 9 heteroatoms. The minimum atomic E-state index is -0.322. The Labute approximate surface area is 150 Å². The predicted molar refractivity (Wildman–Crippen MR) is 94.5 cm³/mol. The molecule has 1 N–H and O–H groups in total. The van der Waals surface area contributed by atoms with Gasteiger partial charge in [0, 0.05) is 26.2 Å². The summed E-state index contributed by atoms with van der Waals surface area (Å²) in [5.74, 6) is 0. The van der Waals surface area contributed by atoms with E-state index in [1.54, 1.807) is 42.2 Å². The second-order valence-electron chi connectivity index (χ2n) is 5.10. The molecule has 0 atom stereocenters. The van der Waals surface area contributed by atoms with E-state index in [1.165, 1.54) is 0 Å². The van der Waals surface area contributed by atoms with Crippen LogP contribution in [0.4, 0.5) is 16.2 Å². The molecule has 0 aromatic heterocycles. The first kappa shape index (κ1) is 18.4. The molecule has 0 unspecified atom stereocenters. The normalized spacial score (nSPS) is 13.4. The molecule has 1 aliphatic heterocycles. The van der Waals surface area contributed by atoms with Crippen LogP contribution >= 0.6 is 11.6 Å². The molecule has 1 amide bonds. The number of amides is 1. The highest BCUT2D eigenvalue weighted by Crippen LogP contribution is 2.34. The molecule has 1 aliphatic rings. The predicted octanol–water partition coefficient (Wildman–Crippen LogP) is 2.43. The lowest BCUT2D eigenvalue weighted by Crippen LogP contribution is -2.49. The van der Waals surface area contributed by atoms with Gasteiger partial charge in [-0.15, -0.1) is 0 Å². The third-order valence-electron chi connectivity index (χ3n) is 3.61. The summed E-state index contributed by atoms with van der Waals surface area (Å²) < 4.78 is 5.01. The second kappa shape index (κ2) is 8.76. The maximum Gasteiger partial charge on any atom is 0.409 e. The Morgan fingerprint density at radius 1 is 1.32 bits per heavy atom. The molecule has 0 radical (unpaired) electrons. The standard InChI is InChI=1S/C16H17ClN6O2/c1-2-25-16(24)23-8-6-22(7-9-23)15-13(17)4-3-5-14(15)21-20-12(10-18)11-19/h3-5,21H,2,6-9H2,1H3. The van der Waals surface area contributed by atoms with Crippen molar-refractivity contribution in [2.45, 2.75) is 6.92 Å². The number of hydrazone groups is 1. The van der Waals surface area contributed by atoms with Gasteiger partial charge in [-0.05, 0) is 19.1 Å². The first-order valence-corrected chi connectivity index (χ1v) is 8.07. The zero-order chi connectivity index (χ0) is 18.2. The number of nitriles is 2. The van der Waals surface area contributed by atoms with E-state index in [1.807, 2.05) is 4.90 Å². The fourth-order valence-electron chi connectivity index (χ4n) is 2.45. The van der Waals surface area contributed by atoms with Crippen molar-refractivity contribution in [3.8, 4) is 12.1 Å². The SMILES string of the molecule is CCOC(=O)N1CCN(c2c(Cl)cccc2NN=C(C#N)C#N)CC1. The van der Waals surface area contributed by atoms with Crippen LogP contribution in [0.25, 0.3) is 0 Å². The van der Waals surface area contributed by atoms with Gasteiger partial charge >= 0.3 is 6.09 Å². The number of carbonyl (C=O) groups excluding carboxylic acids is 1. The zero-order valence-electron chi connectivity index (χ0n) is 13.7. The van der Waals surface area contributed by atoms with Gasteiger partial charge in [0.05, 0.1) is 23.0 Å². The van der Waals surface area contributed by atoms with E-state index in [0.29, 0.717) is 49.2 Å². The molecule has 0 spiro atoms. The monoisotopic (exact) mass is 360 g/mol. The van der Waals surface area contributed by atoms with Gasteiger partial charge in [-0.25, -0.2) is 4.79 Å². The summed E-state index contributed by atoms with van der Waals surface area (Å²) in [7, 11) is 0. The minimum Gasteiger partial charge on any atom is -0.450 e. The van der Waals surface area contributed by atoms with Crippen LogP contribution in [0, 0.1) is 22.7 Å². The summed E-state index contributed by atoms with van der Waals surface area (Å²) >= 11 is 6.33. The molecule has 1 aromatic rings. The third kappa shape index (κ3) is 4.52. The largest absolute Gasteiger partial charge is 0.450 e. The fourth-order valence-corrected chi connectivity index (χ4v) is 2.74. The van der Waals surface area contributed by atoms with Gasteiger partial charge in [-0.2, -0.15) is 15.6 Å². The van der Waals surface area contributed by atoms with Crippen molar-refractivity contribution < 1.29 is 9.53 Å². The van der Waals surface area contributed by atoms with Gasteiger partial charge in [0.2, 0.25) is 5.71 Å². The van der Waals surface area contributed by atoms with Crippen molar-refractivity contribution in [2.75, 3.05) is 43.1 Å². The van der Waals surface area contributed by atoms with Crippen LogP contribution in [0.5, 0.6) is 0 Å². The molecule has 8 nitrogen and oxygen atoms in total. The third-order valence-corrected chi connectivity index (χ3v) is 3.91. The molecule has 0 bridgehead atoms. The maximum absolute atomic E-state index is 11.8. The Morgan fingerprint density at radius 2 is 2.00 bits per heavy atom. The van der Waals surface area contributed by atoms with Gasteiger partial charge in [-0.3, -0.25) is 5.43 Å². The number of para-hydroxylation sites is 1. The van der Waals surface area contributed by atoms with Crippen molar-refractivity contribution in [3.63, 3.8) is 0 Å². The summed E-state index contributed by atoms with van der Waals surface area (Å²) in [4.78, 5) is 15.5. The number of ether oxygens (including phenoxy) is 1. The van der Waals surface area contributed by atoms with Gasteiger partial charge in [-0.1, -0.05) is 17.7 Å². The van der Waals surface area contributed by atoms with Crippen LogP contribution in [-0.4, -0.2) is 49.5 Å². The highest BCUT2D eigenvalue weighted by molar-refractivity contribution is 6.34. The Balaban J connectivity index is 2.15. The highest BCUT2D eigenvalue weighted by Gasteiger charge is 2.24. The minimum absolute atomic E-state index is 0.280. The molecule has 130 valence electrons. The van der Waals surface area contributed by atoms with Crippen LogP contribution < -0.4 is 10.3 Å². The molecular weight excluding hydrogens is 344 g/mol. The summed E-state index contributed by atoms with van der Waals surface area (Å²) in [6.07, 6.45) is -0.322. The smallest absolute Gasteiger partial charge is 0.409 e. The first-order valence-electron chi connectivity index (χ1n) is 7.69. The number of hydrogen-bond acceptors (Lipinski definition) is 7. The average molecular weight is 361 g/mol. The molecule has 1 heterocycles. The Morgan fingerprint density at radius 3 is 2.60 bits per heavy atom. The zero-order valence-corrected chi connectivity index (χ0v) is 14.5. The Hall–Kier alpha value is -2.97. The van der Waals surface area contributed by atoms with E-state index in [2.05, 4.69) is 10.5 Å². The molecule has 1 saturated heterocycles. The van der Waals surface area contributed by atoms with E-state index >= 15 is 0 Å². The molecule has 25 heavy (non-hydrogen) atoms. The molecule has 1 aromatic carbocycles. The lowest BCUT2D eigenvalue weighted by Gasteiger charge is -2.36. The fraction of sp³-hybridized carbons (Fsp3) is 0.375. The van der Waals surface area contributed by atoms with E-state index in [0.717, 1.165) is 0 Å². The Bertz CT molecular complexity index is 728. The highest BCUT2D eigenvalue weighted by atomic mass is 35.5. The molecule has 0 saturated carbocycles. The topological polar surface area (TPSA) is 105 Å². The number of rotatable bonds is 4. The van der Waals surface area contributed by atoms with Crippen LogP contribution in [0.2, 0.25) is 5.02 Å². The Kier molecular flexibility index (Phi) is 6.44. The van der Waals surface area contributed by atoms with E-state index in [-0.39, 0.29) is 11.8 Å². The number of carbonyl (C=O) groups is 1. The van der Waals surface area contributed by atoms with Crippen LogP contribution in [0.3, 0.4) is 0 Å². The summed E-state index contributed by atoms with van der Waals surface area (Å²) in [5.41, 5.74) is 3.74. The summed E-state index contributed by atoms with van der Waals surface area (Å²) in [6.45, 7) is 4.28. The van der Waals surface area contributed by atoms with E-state index in [4.69, 9.17) is 26.9 Å². The number of benzene rings is 1. The van der Waals surface area contributed by atoms with Crippen LogP contribution in [0.1, 0.15) is 6.92 Å². The lowest BCUT2D eigenvalue weighted by atomic mass is 10.2. The van der Waals surface area contributed by atoms with Crippen LogP contribution in [-0.2, 0) is 4.74 Å². The summed E-state index contributed by atoms with van der Waals surface area (Å²) in [5, 5.41) is 21.8. The number of nitrogens with one attached hydrogen (secondary N) is 1. The van der Waals surface area contributed by atoms with Crippen molar-refractivity contribution in [1.82, 2.24) is 4.90 Å². The maximum atomic E-state index is 11.8. The van der Waals surface area contributed by atoms with Gasteiger partial charge in [0.25, 0.3) is 0 Å². The van der Waals surface area contributed by atoms with E-state index < -0.39 is 0 Å². The van der Waals surface area contributed by atoms with Crippen molar-refractivity contribution in [2.24, 2.45) is 5.10 Å². The number of anilines is 2. The van der Waals surface area contributed by atoms with Gasteiger partial charge < -0.3 is 14.5 Å². The lowest BCUT2D eigenvalue weighted by molar-refractivity contribution is 0.105. The molecular formula is C16H17ClN6O2. The quantitative estimate of drug-likeness (QED) is 0.653. The van der Waals surface area contributed by atoms with Crippen molar-refractivity contribution in [3.05, 3.63) is 23.2 Å². The number of nitrogens with zero attached hydrogens (tertiary/aromatic N) is 5. The molecule has 2 rings (SSSR count). The molecule has 0 aliphatic carbocycles. The number of halogens is 1. The second-order valence-corrected chi connectivity index (χ2v) is 5.51. The van der Waals surface area contributed by atoms with Gasteiger partial charge in [0.15, 0.2) is 0 Å². The van der Waals surface area contributed by atoms with Crippen molar-refractivity contribution in [1.29, 1.82) is 10.5 Å². The van der Waals surface area contributed by atoms with Crippen LogP contribution in [0.15, 0.2) is 23.3 Å². The number of hydrogen-bond donors (Lipinski definition) is 1. The average Bonchev–Trinajstić information content (AvgIpc) is 2.63.